The number of carbonyl (C=O) groups is 1. The van der Waals surface area contributed by atoms with Crippen molar-refractivity contribution in [1.29, 1.82) is 0 Å². The van der Waals surface area contributed by atoms with Crippen LogP contribution in [0.5, 0.6) is 0 Å². The van der Waals surface area contributed by atoms with Crippen molar-refractivity contribution in [1.82, 2.24) is 4.90 Å². The number of hydrogen-bond acceptors (Lipinski definition) is 4. The second-order valence-corrected chi connectivity index (χ2v) is 5.28. The van der Waals surface area contributed by atoms with Gasteiger partial charge >= 0.3 is 0 Å². The fraction of sp³-hybridized carbons (Fsp3) is 0.429. The summed E-state index contributed by atoms with van der Waals surface area (Å²) in [6, 6.07) is 4.41. The van der Waals surface area contributed by atoms with Crippen molar-refractivity contribution in [2.75, 3.05) is 26.3 Å². The van der Waals surface area contributed by atoms with Gasteiger partial charge in [-0.1, -0.05) is 22.8 Å². The van der Waals surface area contributed by atoms with E-state index in [4.69, 9.17) is 21.2 Å². The molecule has 0 radical (unpaired) electrons. The molecule has 1 saturated heterocycles. The maximum Gasteiger partial charge on any atom is 0.267 e. The molecular formula is C14H14ClFN2O3. The van der Waals surface area contributed by atoms with Crippen LogP contribution in [0.2, 0.25) is 5.02 Å². The lowest BCUT2D eigenvalue weighted by Crippen LogP contribution is -2.45. The van der Waals surface area contributed by atoms with Gasteiger partial charge in [0.25, 0.3) is 5.91 Å². The van der Waals surface area contributed by atoms with Gasteiger partial charge in [-0.25, -0.2) is 4.39 Å². The summed E-state index contributed by atoms with van der Waals surface area (Å²) in [5, 5.41) is 4.10. The van der Waals surface area contributed by atoms with Gasteiger partial charge in [0, 0.05) is 19.5 Å². The van der Waals surface area contributed by atoms with Gasteiger partial charge in [-0.15, -0.1) is 0 Å². The van der Waals surface area contributed by atoms with E-state index in [1.54, 1.807) is 11.0 Å². The summed E-state index contributed by atoms with van der Waals surface area (Å²) in [5.74, 6) is -0.617. The van der Waals surface area contributed by atoms with Crippen molar-refractivity contribution in [2.45, 2.75) is 12.5 Å². The monoisotopic (exact) mass is 312 g/mol. The Bertz CT molecular complexity index is 567. The van der Waals surface area contributed by atoms with Crippen LogP contribution in [0, 0.1) is 5.82 Å². The zero-order chi connectivity index (χ0) is 14.8. The lowest BCUT2D eigenvalue weighted by atomic mass is 10.0. The molecule has 2 heterocycles. The average molecular weight is 313 g/mol. The molecule has 112 valence electrons. The number of morpholine rings is 1. The maximum absolute atomic E-state index is 13.9. The van der Waals surface area contributed by atoms with Crippen molar-refractivity contribution in [3.8, 4) is 0 Å². The molecular weight excluding hydrogens is 299 g/mol. The van der Waals surface area contributed by atoms with E-state index < -0.39 is 11.9 Å². The highest BCUT2D eigenvalue weighted by Crippen LogP contribution is 2.26. The van der Waals surface area contributed by atoms with E-state index >= 15 is 0 Å². The number of carbonyl (C=O) groups excluding carboxylic acids is 1. The summed E-state index contributed by atoms with van der Waals surface area (Å²) in [6.45, 7) is 2.11. The highest BCUT2D eigenvalue weighted by molar-refractivity contribution is 6.34. The van der Waals surface area contributed by atoms with Crippen LogP contribution < -0.4 is 0 Å². The summed E-state index contributed by atoms with van der Waals surface area (Å²) in [4.78, 5) is 19.1. The molecule has 0 spiro atoms. The summed E-state index contributed by atoms with van der Waals surface area (Å²) in [7, 11) is 0. The molecule has 0 unspecified atom stereocenters. The average Bonchev–Trinajstić information content (AvgIpc) is 2.97. The molecule has 3 rings (SSSR count). The fourth-order valence-electron chi connectivity index (χ4n) is 2.42. The Balaban J connectivity index is 1.71. The summed E-state index contributed by atoms with van der Waals surface area (Å²) < 4.78 is 19.1. The van der Waals surface area contributed by atoms with Crippen LogP contribution in [0.15, 0.2) is 23.4 Å². The lowest BCUT2D eigenvalue weighted by molar-refractivity contribution is -0.146. The smallest absolute Gasteiger partial charge is 0.267 e. The Kier molecular flexibility index (Phi) is 4.07. The first kappa shape index (κ1) is 14.3. The molecule has 5 nitrogen and oxygen atoms in total. The van der Waals surface area contributed by atoms with Crippen LogP contribution in [-0.2, 0) is 14.4 Å². The topological polar surface area (TPSA) is 51.1 Å². The highest BCUT2D eigenvalue weighted by atomic mass is 35.5. The highest BCUT2D eigenvalue weighted by Gasteiger charge is 2.34. The Morgan fingerprint density at radius 2 is 2.14 bits per heavy atom. The molecule has 0 saturated carbocycles. The third-order valence-electron chi connectivity index (χ3n) is 3.52. The number of halogens is 2. The second-order valence-electron chi connectivity index (χ2n) is 4.87. The maximum atomic E-state index is 13.9. The molecule has 0 aliphatic carbocycles. The van der Waals surface area contributed by atoms with Gasteiger partial charge in [0.2, 0.25) is 6.10 Å². The van der Waals surface area contributed by atoms with Crippen molar-refractivity contribution >= 4 is 23.2 Å². The van der Waals surface area contributed by atoms with Crippen LogP contribution in [0.25, 0.3) is 0 Å². The van der Waals surface area contributed by atoms with Crippen LogP contribution in [-0.4, -0.2) is 48.9 Å². The predicted octanol–water partition coefficient (Wildman–Crippen LogP) is 1.83. The first-order valence-electron chi connectivity index (χ1n) is 6.70. The lowest BCUT2D eigenvalue weighted by Gasteiger charge is -2.28. The van der Waals surface area contributed by atoms with Gasteiger partial charge in [-0.3, -0.25) is 4.79 Å². The first-order valence-corrected chi connectivity index (χ1v) is 7.08. The Morgan fingerprint density at radius 3 is 2.86 bits per heavy atom. The number of oxime groups is 1. The summed E-state index contributed by atoms with van der Waals surface area (Å²) in [6.07, 6.45) is -0.495. The minimum atomic E-state index is -0.714. The number of nitrogens with zero attached hydrogens (tertiary/aromatic N) is 2. The van der Waals surface area contributed by atoms with E-state index in [0.717, 1.165) is 0 Å². The molecule has 1 amide bonds. The van der Waals surface area contributed by atoms with E-state index in [0.29, 0.717) is 32.0 Å². The largest absolute Gasteiger partial charge is 0.382 e. The van der Waals surface area contributed by atoms with E-state index in [-0.39, 0.29) is 22.9 Å². The third-order valence-corrected chi connectivity index (χ3v) is 3.83. The van der Waals surface area contributed by atoms with Crippen molar-refractivity contribution in [3.63, 3.8) is 0 Å². The summed E-state index contributed by atoms with van der Waals surface area (Å²) >= 11 is 6.00. The molecule has 2 aliphatic heterocycles. The summed E-state index contributed by atoms with van der Waals surface area (Å²) in [5.41, 5.74) is 0.571. The second kappa shape index (κ2) is 5.99. The van der Waals surface area contributed by atoms with Gasteiger partial charge in [-0.2, -0.15) is 0 Å². The minimum Gasteiger partial charge on any atom is -0.382 e. The van der Waals surface area contributed by atoms with Crippen molar-refractivity contribution in [3.05, 3.63) is 34.6 Å². The predicted molar refractivity (Wildman–Crippen MR) is 74.8 cm³/mol. The molecule has 1 atom stereocenters. The van der Waals surface area contributed by atoms with Gasteiger partial charge in [-0.05, 0) is 12.1 Å². The van der Waals surface area contributed by atoms with E-state index in [9.17, 15) is 9.18 Å². The quantitative estimate of drug-likeness (QED) is 0.837. The molecule has 0 aromatic heterocycles. The third kappa shape index (κ3) is 2.87. The Labute approximate surface area is 126 Å². The number of ether oxygens (including phenoxy) is 1. The van der Waals surface area contributed by atoms with E-state index in [1.807, 2.05) is 0 Å². The van der Waals surface area contributed by atoms with Crippen LogP contribution in [0.1, 0.15) is 12.0 Å². The molecule has 0 N–H and O–H groups in total. The van der Waals surface area contributed by atoms with Crippen LogP contribution in [0.4, 0.5) is 4.39 Å². The fourth-order valence-corrected chi connectivity index (χ4v) is 2.69. The molecule has 1 aromatic rings. The molecule has 1 fully saturated rings. The van der Waals surface area contributed by atoms with Gasteiger partial charge in [0.1, 0.15) is 5.82 Å². The van der Waals surface area contributed by atoms with E-state index in [2.05, 4.69) is 5.16 Å². The van der Waals surface area contributed by atoms with Gasteiger partial charge < -0.3 is 14.5 Å². The zero-order valence-corrected chi connectivity index (χ0v) is 12.0. The van der Waals surface area contributed by atoms with E-state index in [1.165, 1.54) is 12.1 Å². The van der Waals surface area contributed by atoms with Crippen LogP contribution in [0.3, 0.4) is 0 Å². The van der Waals surface area contributed by atoms with Crippen LogP contribution >= 0.6 is 11.6 Å². The molecule has 1 aromatic carbocycles. The Morgan fingerprint density at radius 1 is 1.38 bits per heavy atom. The minimum absolute atomic E-state index is 0.149. The normalized spacial score (nSPS) is 21.9. The Hall–Kier alpha value is -1.66. The SMILES string of the molecule is O=C([C@@H]1CC(c2c(F)cccc2Cl)=NO1)N1CCOCC1. The zero-order valence-electron chi connectivity index (χ0n) is 11.2. The van der Waals surface area contributed by atoms with Crippen molar-refractivity contribution < 1.29 is 18.8 Å². The molecule has 7 heteroatoms. The van der Waals surface area contributed by atoms with Gasteiger partial charge in [0.05, 0.1) is 29.5 Å². The van der Waals surface area contributed by atoms with Crippen molar-refractivity contribution in [2.24, 2.45) is 5.16 Å². The number of benzene rings is 1. The number of rotatable bonds is 2. The molecule has 21 heavy (non-hydrogen) atoms. The first-order chi connectivity index (χ1) is 10.2. The number of amides is 1. The standard InChI is InChI=1S/C14H14ClFN2O3/c15-9-2-1-3-10(16)13(9)11-8-12(21-17-11)14(19)18-4-6-20-7-5-18/h1-3,12H,4-8H2/t12-/m0/s1. The number of hydrogen-bond donors (Lipinski definition) is 0. The molecule has 0 bridgehead atoms. The molecule has 2 aliphatic rings. The van der Waals surface area contributed by atoms with Gasteiger partial charge in [0.15, 0.2) is 0 Å².